The fourth-order valence-corrected chi connectivity index (χ4v) is 3.85. The number of aryl methyl sites for hydroxylation is 3. The Kier molecular flexibility index (Phi) is 7.09. The van der Waals surface area contributed by atoms with Crippen LogP contribution in [-0.2, 0) is 9.59 Å². The van der Waals surface area contributed by atoms with Crippen LogP contribution in [-0.4, -0.2) is 32.2 Å². The van der Waals surface area contributed by atoms with E-state index in [0.717, 1.165) is 34.1 Å². The van der Waals surface area contributed by atoms with Gasteiger partial charge < -0.3 is 10.6 Å². The normalized spacial score (nSPS) is 11.7. The number of anilines is 2. The summed E-state index contributed by atoms with van der Waals surface area (Å²) in [5.41, 5.74) is 4.33. The first kappa shape index (κ1) is 23.2. The lowest BCUT2D eigenvalue weighted by molar-refractivity contribution is -0.115. The molecule has 0 saturated heterocycles. The fourth-order valence-electron chi connectivity index (χ4n) is 3.11. The first-order valence-corrected chi connectivity index (χ1v) is 10.9. The van der Waals surface area contributed by atoms with Gasteiger partial charge in [-0.3, -0.25) is 19.4 Å². The highest BCUT2D eigenvalue weighted by molar-refractivity contribution is 8.00. The summed E-state index contributed by atoms with van der Waals surface area (Å²) < 4.78 is 0. The zero-order chi connectivity index (χ0) is 23.4. The van der Waals surface area contributed by atoms with Crippen LogP contribution >= 0.6 is 11.8 Å². The van der Waals surface area contributed by atoms with Crippen LogP contribution in [0.3, 0.4) is 0 Å². The van der Waals surface area contributed by atoms with Crippen molar-refractivity contribution in [2.45, 2.75) is 45.0 Å². The zero-order valence-corrected chi connectivity index (χ0v) is 19.4. The molecule has 9 heteroatoms. The Morgan fingerprint density at radius 3 is 2.25 bits per heavy atom. The molecular weight excluding hydrogens is 426 g/mol. The van der Waals surface area contributed by atoms with Crippen molar-refractivity contribution in [2.75, 3.05) is 10.6 Å². The van der Waals surface area contributed by atoms with Gasteiger partial charge in [0.05, 0.1) is 10.9 Å². The highest BCUT2D eigenvalue weighted by Gasteiger charge is 2.19. The number of carbonyl (C=O) groups is 2. The summed E-state index contributed by atoms with van der Waals surface area (Å²) in [7, 11) is 0. The molecule has 3 aromatic rings. The van der Waals surface area contributed by atoms with E-state index < -0.39 is 10.8 Å². The van der Waals surface area contributed by atoms with Gasteiger partial charge in [0.1, 0.15) is 0 Å². The Labute approximate surface area is 190 Å². The number of hydrogen-bond acceptors (Lipinski definition) is 6. The molecule has 0 saturated carbocycles. The van der Waals surface area contributed by atoms with E-state index in [4.69, 9.17) is 0 Å². The quantitative estimate of drug-likeness (QED) is 0.490. The Bertz CT molecular complexity index is 1240. The van der Waals surface area contributed by atoms with Crippen molar-refractivity contribution in [1.29, 1.82) is 0 Å². The van der Waals surface area contributed by atoms with Crippen molar-refractivity contribution < 1.29 is 9.59 Å². The SMILES string of the molecule is CC(=O)Nc1ccc(C)cc1-c1nnc(S[C@@H](C)C(=O)Nc2ccc(C)cc2C)[nH]c1=O. The van der Waals surface area contributed by atoms with Gasteiger partial charge in [-0.1, -0.05) is 41.1 Å². The molecule has 1 heterocycles. The number of aromatic amines is 1. The minimum Gasteiger partial charge on any atom is -0.326 e. The van der Waals surface area contributed by atoms with Gasteiger partial charge in [-0.05, 0) is 51.5 Å². The van der Waals surface area contributed by atoms with Gasteiger partial charge in [0.25, 0.3) is 5.56 Å². The molecule has 0 aliphatic heterocycles. The number of carbonyl (C=O) groups excluding carboxylic acids is 2. The lowest BCUT2D eigenvalue weighted by Crippen LogP contribution is -2.24. The molecule has 0 unspecified atom stereocenters. The maximum Gasteiger partial charge on any atom is 0.278 e. The standard InChI is InChI=1S/C23H25N5O3S/c1-12-6-8-18(14(3)10-12)25-21(30)15(4)32-23-26-22(31)20(27-28-23)17-11-13(2)7-9-19(17)24-16(5)29/h6-11,15H,1-5H3,(H,24,29)(H,25,30)(H,26,28,31)/t15-/m0/s1. The molecule has 32 heavy (non-hydrogen) atoms. The van der Waals surface area contributed by atoms with Gasteiger partial charge in [0, 0.05) is 18.2 Å². The number of aromatic nitrogens is 3. The predicted octanol–water partition coefficient (Wildman–Crippen LogP) is 3.83. The van der Waals surface area contributed by atoms with Crippen molar-refractivity contribution in [2.24, 2.45) is 0 Å². The monoisotopic (exact) mass is 451 g/mol. The summed E-state index contributed by atoms with van der Waals surface area (Å²) >= 11 is 1.11. The van der Waals surface area contributed by atoms with Crippen LogP contribution in [0.2, 0.25) is 0 Å². The van der Waals surface area contributed by atoms with E-state index in [1.165, 1.54) is 6.92 Å². The van der Waals surface area contributed by atoms with E-state index in [1.54, 1.807) is 19.1 Å². The molecular formula is C23H25N5O3S. The third kappa shape index (κ3) is 5.61. The lowest BCUT2D eigenvalue weighted by atomic mass is 10.1. The van der Waals surface area contributed by atoms with E-state index in [1.807, 2.05) is 45.0 Å². The van der Waals surface area contributed by atoms with Crippen molar-refractivity contribution in [3.63, 3.8) is 0 Å². The fraction of sp³-hybridized carbons (Fsp3) is 0.261. The van der Waals surface area contributed by atoms with E-state index in [9.17, 15) is 14.4 Å². The summed E-state index contributed by atoms with van der Waals surface area (Å²) in [6, 6.07) is 11.1. The molecule has 0 aliphatic rings. The number of thioether (sulfide) groups is 1. The maximum atomic E-state index is 12.7. The minimum absolute atomic E-state index is 0.0918. The molecule has 0 radical (unpaired) electrons. The third-order valence-electron chi connectivity index (χ3n) is 4.71. The van der Waals surface area contributed by atoms with Crippen LogP contribution in [0, 0.1) is 20.8 Å². The highest BCUT2D eigenvalue weighted by atomic mass is 32.2. The maximum absolute atomic E-state index is 12.7. The minimum atomic E-state index is -0.514. The van der Waals surface area contributed by atoms with Gasteiger partial charge in [0.2, 0.25) is 11.8 Å². The number of rotatable bonds is 6. The second-order valence-electron chi connectivity index (χ2n) is 7.61. The zero-order valence-electron chi connectivity index (χ0n) is 18.6. The smallest absolute Gasteiger partial charge is 0.278 e. The van der Waals surface area contributed by atoms with Gasteiger partial charge in [-0.2, -0.15) is 0 Å². The summed E-state index contributed by atoms with van der Waals surface area (Å²) in [4.78, 5) is 39.5. The van der Waals surface area contributed by atoms with E-state index in [0.29, 0.717) is 11.3 Å². The number of amides is 2. The van der Waals surface area contributed by atoms with Crippen LogP contribution in [0.4, 0.5) is 11.4 Å². The van der Waals surface area contributed by atoms with Crippen LogP contribution in [0.15, 0.2) is 46.3 Å². The van der Waals surface area contributed by atoms with E-state index in [-0.39, 0.29) is 22.7 Å². The average molecular weight is 452 g/mol. The summed E-state index contributed by atoms with van der Waals surface area (Å²) in [5.74, 6) is -0.462. The molecule has 166 valence electrons. The van der Waals surface area contributed by atoms with Gasteiger partial charge in [-0.25, -0.2) is 0 Å². The van der Waals surface area contributed by atoms with Crippen molar-refractivity contribution in [3.8, 4) is 11.3 Å². The van der Waals surface area contributed by atoms with Crippen LogP contribution in [0.5, 0.6) is 0 Å². The van der Waals surface area contributed by atoms with Gasteiger partial charge >= 0.3 is 0 Å². The Hall–Kier alpha value is -3.46. The molecule has 0 bridgehead atoms. The molecule has 1 aromatic heterocycles. The lowest BCUT2D eigenvalue weighted by Gasteiger charge is -2.13. The van der Waals surface area contributed by atoms with Crippen LogP contribution < -0.4 is 16.2 Å². The third-order valence-corrected chi connectivity index (χ3v) is 5.69. The topological polar surface area (TPSA) is 117 Å². The molecule has 0 aliphatic carbocycles. The molecule has 3 rings (SSSR count). The molecule has 2 amide bonds. The Balaban J connectivity index is 1.78. The van der Waals surface area contributed by atoms with Crippen LogP contribution in [0.25, 0.3) is 11.3 Å². The van der Waals surface area contributed by atoms with Crippen molar-refractivity contribution in [3.05, 3.63) is 63.4 Å². The number of H-pyrrole nitrogens is 1. The summed E-state index contributed by atoms with van der Waals surface area (Å²) in [6.07, 6.45) is 0. The first-order valence-electron chi connectivity index (χ1n) is 10.0. The highest BCUT2D eigenvalue weighted by Crippen LogP contribution is 2.26. The van der Waals surface area contributed by atoms with Crippen LogP contribution in [0.1, 0.15) is 30.5 Å². The Morgan fingerprint density at radius 1 is 0.969 bits per heavy atom. The van der Waals surface area contributed by atoms with E-state index >= 15 is 0 Å². The van der Waals surface area contributed by atoms with Gasteiger partial charge in [-0.15, -0.1) is 10.2 Å². The number of benzene rings is 2. The summed E-state index contributed by atoms with van der Waals surface area (Å²) in [6.45, 7) is 8.92. The molecule has 0 fully saturated rings. The van der Waals surface area contributed by atoms with E-state index in [2.05, 4.69) is 25.8 Å². The Morgan fingerprint density at radius 2 is 1.62 bits per heavy atom. The second-order valence-corrected chi connectivity index (χ2v) is 8.94. The molecule has 3 N–H and O–H groups in total. The number of hydrogen-bond donors (Lipinski definition) is 3. The molecule has 2 aromatic carbocycles. The molecule has 0 spiro atoms. The predicted molar refractivity (Wildman–Crippen MR) is 127 cm³/mol. The second kappa shape index (κ2) is 9.78. The van der Waals surface area contributed by atoms with Gasteiger partial charge in [0.15, 0.2) is 10.9 Å². The first-order chi connectivity index (χ1) is 15.1. The largest absolute Gasteiger partial charge is 0.326 e. The van der Waals surface area contributed by atoms with Crippen molar-refractivity contribution in [1.82, 2.24) is 15.2 Å². The number of nitrogens with one attached hydrogen (secondary N) is 3. The number of nitrogens with zero attached hydrogens (tertiary/aromatic N) is 2. The van der Waals surface area contributed by atoms with Crippen molar-refractivity contribution >= 4 is 35.0 Å². The average Bonchev–Trinajstić information content (AvgIpc) is 2.71. The molecule has 1 atom stereocenters. The summed E-state index contributed by atoms with van der Waals surface area (Å²) in [5, 5.41) is 13.5. The molecule has 8 nitrogen and oxygen atoms in total.